The van der Waals surface area contributed by atoms with Gasteiger partial charge in [0.1, 0.15) is 5.75 Å². The van der Waals surface area contributed by atoms with Gasteiger partial charge in [-0.25, -0.2) is 4.79 Å². The Morgan fingerprint density at radius 1 is 1.22 bits per heavy atom. The van der Waals surface area contributed by atoms with E-state index in [1.165, 1.54) is 36.1 Å². The molecular formula is C18H14N3O6+. The normalized spacial score (nSPS) is 10.9. The summed E-state index contributed by atoms with van der Waals surface area (Å²) >= 11 is 0. The number of nitrogens with one attached hydrogen (secondary N) is 1. The van der Waals surface area contributed by atoms with Crippen molar-refractivity contribution >= 4 is 17.5 Å². The van der Waals surface area contributed by atoms with Crippen molar-refractivity contribution in [3.8, 4) is 11.4 Å². The zero-order chi connectivity index (χ0) is 19.4. The number of H-pyrrole nitrogens is 1. The summed E-state index contributed by atoms with van der Waals surface area (Å²) in [4.78, 5) is 35.0. The summed E-state index contributed by atoms with van der Waals surface area (Å²) in [6.07, 6.45) is 2.37. The summed E-state index contributed by atoms with van der Waals surface area (Å²) in [7, 11) is 1.52. The van der Waals surface area contributed by atoms with Crippen LogP contribution in [-0.4, -0.2) is 23.1 Å². The molecule has 0 saturated heterocycles. The molecule has 0 bridgehead atoms. The molecule has 0 aliphatic heterocycles. The number of allylic oxidation sites excluding steroid dienone is 1. The maximum Gasteiger partial charge on any atom is 0.439 e. The Balaban J connectivity index is 1.95. The third kappa shape index (κ3) is 3.66. The van der Waals surface area contributed by atoms with Gasteiger partial charge in [-0.1, -0.05) is 12.1 Å². The van der Waals surface area contributed by atoms with Crippen LogP contribution in [0.1, 0.15) is 16.1 Å². The van der Waals surface area contributed by atoms with Gasteiger partial charge in [0.15, 0.2) is 0 Å². The second-order valence-electron chi connectivity index (χ2n) is 5.38. The monoisotopic (exact) mass is 368 g/mol. The Labute approximate surface area is 152 Å². The van der Waals surface area contributed by atoms with Crippen molar-refractivity contribution in [1.82, 2.24) is 5.27 Å². The number of aromatic nitrogens is 2. The first-order valence-electron chi connectivity index (χ1n) is 7.75. The number of carbonyl (C=O) groups excluding carboxylic acids is 1. The highest BCUT2D eigenvalue weighted by molar-refractivity contribution is 6.04. The predicted octanol–water partition coefficient (Wildman–Crippen LogP) is 2.06. The molecule has 1 N–H and O–H groups in total. The van der Waals surface area contributed by atoms with Crippen LogP contribution >= 0.6 is 0 Å². The smallest absolute Gasteiger partial charge is 0.439 e. The maximum atomic E-state index is 12.5. The highest BCUT2D eigenvalue weighted by Crippen LogP contribution is 2.19. The Morgan fingerprint density at radius 2 is 1.93 bits per heavy atom. The second-order valence-corrected chi connectivity index (χ2v) is 5.38. The van der Waals surface area contributed by atoms with Gasteiger partial charge in [-0.2, -0.15) is 0 Å². The van der Waals surface area contributed by atoms with E-state index >= 15 is 0 Å². The van der Waals surface area contributed by atoms with E-state index in [0.717, 1.165) is 6.08 Å². The number of nitro benzene ring substituents is 1. The highest BCUT2D eigenvalue weighted by Gasteiger charge is 2.29. The molecule has 0 amide bonds. The molecule has 0 fully saturated rings. The van der Waals surface area contributed by atoms with Gasteiger partial charge in [0.05, 0.1) is 17.6 Å². The number of hydrogen-bond acceptors (Lipinski definition) is 6. The number of para-hydroxylation sites is 1. The number of benzene rings is 2. The van der Waals surface area contributed by atoms with Crippen molar-refractivity contribution in [2.45, 2.75) is 0 Å². The van der Waals surface area contributed by atoms with E-state index < -0.39 is 16.3 Å². The maximum absolute atomic E-state index is 12.5. The fourth-order valence-corrected chi connectivity index (χ4v) is 2.44. The quantitative estimate of drug-likeness (QED) is 0.234. The largest absolute Gasteiger partial charge is 0.497 e. The summed E-state index contributed by atoms with van der Waals surface area (Å²) in [5.41, 5.74) is -0.556. The Morgan fingerprint density at radius 3 is 2.59 bits per heavy atom. The molecule has 9 heteroatoms. The first kappa shape index (κ1) is 17.8. The Bertz CT molecular complexity index is 1080. The summed E-state index contributed by atoms with van der Waals surface area (Å²) in [6.45, 7) is 0. The molecule has 0 aliphatic rings. The van der Waals surface area contributed by atoms with Crippen LogP contribution < -0.4 is 15.0 Å². The number of methoxy groups -OCH3 is 1. The van der Waals surface area contributed by atoms with Crippen LogP contribution in [0.25, 0.3) is 11.8 Å². The SMILES string of the molecule is COc1ccc(-[n+]2[nH]oc(=O)c2C(=O)/C=C/c2ccccc2[N+](=O)[O-])cc1. The van der Waals surface area contributed by atoms with E-state index in [9.17, 15) is 19.7 Å². The van der Waals surface area contributed by atoms with Crippen LogP contribution in [0.2, 0.25) is 0 Å². The van der Waals surface area contributed by atoms with Crippen LogP contribution in [0.15, 0.2) is 63.9 Å². The molecule has 3 aromatic rings. The van der Waals surface area contributed by atoms with E-state index in [1.807, 2.05) is 0 Å². The van der Waals surface area contributed by atoms with E-state index in [1.54, 1.807) is 30.3 Å². The van der Waals surface area contributed by atoms with Crippen LogP contribution in [-0.2, 0) is 0 Å². The molecule has 0 radical (unpaired) electrons. The topological polar surface area (TPSA) is 119 Å². The number of ether oxygens (including phenoxy) is 1. The molecule has 1 aromatic heterocycles. The van der Waals surface area contributed by atoms with E-state index in [-0.39, 0.29) is 16.9 Å². The Hall–Kier alpha value is -4.01. The van der Waals surface area contributed by atoms with Gasteiger partial charge >= 0.3 is 11.3 Å². The minimum absolute atomic E-state index is 0.148. The van der Waals surface area contributed by atoms with Crippen molar-refractivity contribution in [3.05, 3.63) is 86.4 Å². The first-order valence-corrected chi connectivity index (χ1v) is 7.75. The molecule has 27 heavy (non-hydrogen) atoms. The molecule has 0 spiro atoms. The molecule has 1 heterocycles. The average molecular weight is 368 g/mol. The highest BCUT2D eigenvalue weighted by atomic mass is 16.6. The van der Waals surface area contributed by atoms with E-state index in [4.69, 9.17) is 9.26 Å². The lowest BCUT2D eigenvalue weighted by molar-refractivity contribution is -0.672. The number of rotatable bonds is 6. The molecular weight excluding hydrogens is 354 g/mol. The number of hydrogen-bond donors (Lipinski definition) is 1. The van der Waals surface area contributed by atoms with Gasteiger partial charge in [-0.3, -0.25) is 19.4 Å². The molecule has 0 aliphatic carbocycles. The number of ketones is 1. The number of aromatic amines is 1. The molecule has 136 valence electrons. The third-order valence-corrected chi connectivity index (χ3v) is 3.76. The first-order chi connectivity index (χ1) is 13.0. The molecule has 0 unspecified atom stereocenters. The Kier molecular flexibility index (Phi) is 4.93. The molecule has 3 rings (SSSR count). The fraction of sp³-hybridized carbons (Fsp3) is 0.0556. The zero-order valence-corrected chi connectivity index (χ0v) is 14.1. The molecule has 0 atom stereocenters. The fourth-order valence-electron chi connectivity index (χ4n) is 2.44. The lowest BCUT2D eigenvalue weighted by Crippen LogP contribution is -2.40. The number of nitrogens with zero attached hydrogens (tertiary/aromatic N) is 2. The summed E-state index contributed by atoms with van der Waals surface area (Å²) in [6, 6.07) is 12.5. The van der Waals surface area contributed by atoms with Crippen LogP contribution in [0.4, 0.5) is 5.69 Å². The van der Waals surface area contributed by atoms with Crippen LogP contribution in [0.5, 0.6) is 5.75 Å². The lowest BCUT2D eigenvalue weighted by Gasteiger charge is -1.97. The summed E-state index contributed by atoms with van der Waals surface area (Å²) in [5.74, 6) is -0.0617. The number of nitro groups is 1. The minimum Gasteiger partial charge on any atom is -0.497 e. The third-order valence-electron chi connectivity index (χ3n) is 3.76. The molecule has 2 aromatic carbocycles. The van der Waals surface area contributed by atoms with Gasteiger partial charge in [0.2, 0.25) is 5.69 Å². The second kappa shape index (κ2) is 7.48. The minimum atomic E-state index is -0.858. The van der Waals surface area contributed by atoms with Gasteiger partial charge in [0.25, 0.3) is 11.5 Å². The van der Waals surface area contributed by atoms with Crippen LogP contribution in [0, 0.1) is 10.1 Å². The van der Waals surface area contributed by atoms with Gasteiger partial charge in [-0.15, -0.1) is 0 Å². The van der Waals surface area contributed by atoms with Crippen molar-refractivity contribution in [2.75, 3.05) is 7.11 Å². The van der Waals surface area contributed by atoms with Crippen molar-refractivity contribution in [2.24, 2.45) is 0 Å². The standard InChI is InChI=1S/C18H13N3O6/c1-26-14-9-7-13(8-10-14)20-17(18(23)27-19-20)16(22)11-6-12-4-2-3-5-15(12)21(24)25/h2-11H,1H3/p+1/b11-6+. The van der Waals surface area contributed by atoms with Gasteiger partial charge in [-0.05, 0) is 40.3 Å². The average Bonchev–Trinajstić information content (AvgIpc) is 3.07. The van der Waals surface area contributed by atoms with E-state index in [2.05, 4.69) is 5.27 Å². The van der Waals surface area contributed by atoms with Crippen LogP contribution in [0.3, 0.4) is 0 Å². The predicted molar refractivity (Wildman–Crippen MR) is 93.9 cm³/mol. The summed E-state index contributed by atoms with van der Waals surface area (Å²) in [5, 5.41) is 13.4. The van der Waals surface area contributed by atoms with Crippen molar-refractivity contribution < 1.29 is 23.7 Å². The number of carbonyl (C=O) groups is 1. The lowest BCUT2D eigenvalue weighted by atomic mass is 10.1. The molecule has 9 nitrogen and oxygen atoms in total. The van der Waals surface area contributed by atoms with Gasteiger partial charge < -0.3 is 4.74 Å². The van der Waals surface area contributed by atoms with Crippen molar-refractivity contribution in [3.63, 3.8) is 0 Å². The van der Waals surface area contributed by atoms with Gasteiger partial charge in [0, 0.05) is 18.2 Å². The summed E-state index contributed by atoms with van der Waals surface area (Å²) < 4.78 is 11.0. The van der Waals surface area contributed by atoms with Crippen molar-refractivity contribution in [1.29, 1.82) is 0 Å². The van der Waals surface area contributed by atoms with E-state index in [0.29, 0.717) is 11.4 Å². The zero-order valence-electron chi connectivity index (χ0n) is 14.1. The molecule has 0 saturated carbocycles.